The van der Waals surface area contributed by atoms with Crippen LogP contribution in [0.3, 0.4) is 0 Å². The van der Waals surface area contributed by atoms with Crippen molar-refractivity contribution >= 4 is 15.9 Å². The Balaban J connectivity index is 1.35. The van der Waals surface area contributed by atoms with Crippen LogP contribution in [0.2, 0.25) is 0 Å². The molecule has 1 N–H and O–H groups in total. The third-order valence-electron chi connectivity index (χ3n) is 7.36. The Bertz CT molecular complexity index is 876. The van der Waals surface area contributed by atoms with Crippen LogP contribution in [-0.2, 0) is 14.8 Å². The first kappa shape index (κ1) is 21.8. The molecule has 2 saturated heterocycles. The number of likely N-dealkylation sites (tertiary alicyclic amines) is 1. The topological polar surface area (TPSA) is 62.1 Å². The average Bonchev–Trinajstić information content (AvgIpc) is 2.75. The molecule has 0 radical (unpaired) electrons. The number of rotatable bonds is 4. The second kappa shape index (κ2) is 8.97. The molecule has 0 unspecified atom stereocenters. The van der Waals surface area contributed by atoms with Crippen LogP contribution in [0.25, 0.3) is 0 Å². The minimum absolute atomic E-state index is 0.271. The van der Waals surface area contributed by atoms with Crippen LogP contribution in [-0.4, -0.2) is 68.8 Å². The van der Waals surface area contributed by atoms with Crippen molar-refractivity contribution < 1.29 is 18.1 Å². The Hall–Kier alpha value is -1.44. The highest BCUT2D eigenvalue weighted by Crippen LogP contribution is 2.35. The highest BCUT2D eigenvalue weighted by Gasteiger charge is 2.38. The van der Waals surface area contributed by atoms with Crippen molar-refractivity contribution in [2.24, 2.45) is 5.92 Å². The highest BCUT2D eigenvalue weighted by molar-refractivity contribution is 7.89. The van der Waals surface area contributed by atoms with Gasteiger partial charge in [0.15, 0.2) is 6.54 Å². The van der Waals surface area contributed by atoms with E-state index in [1.807, 2.05) is 26.0 Å². The van der Waals surface area contributed by atoms with Crippen LogP contribution < -0.4 is 4.90 Å². The molecule has 0 spiro atoms. The van der Waals surface area contributed by atoms with Gasteiger partial charge in [-0.1, -0.05) is 25.0 Å². The molecule has 30 heavy (non-hydrogen) atoms. The number of hydrogen-bond acceptors (Lipinski definition) is 3. The molecule has 1 aromatic rings. The Morgan fingerprint density at radius 2 is 1.73 bits per heavy atom. The third-order valence-corrected chi connectivity index (χ3v) is 9.40. The molecule has 3 fully saturated rings. The quantitative estimate of drug-likeness (QED) is 0.779. The fraction of sp³-hybridized carbons (Fsp3) is 0.696. The van der Waals surface area contributed by atoms with Crippen molar-refractivity contribution in [3.05, 3.63) is 29.3 Å². The summed E-state index contributed by atoms with van der Waals surface area (Å²) in [6.07, 6.45) is 7.39. The zero-order chi connectivity index (χ0) is 21.3. The lowest BCUT2D eigenvalue weighted by molar-refractivity contribution is -0.896. The van der Waals surface area contributed by atoms with Gasteiger partial charge in [-0.3, -0.25) is 4.79 Å². The van der Waals surface area contributed by atoms with Crippen molar-refractivity contribution in [3.63, 3.8) is 0 Å². The predicted molar refractivity (Wildman–Crippen MR) is 117 cm³/mol. The maximum atomic E-state index is 13.1. The van der Waals surface area contributed by atoms with Gasteiger partial charge in [-0.25, -0.2) is 8.42 Å². The minimum atomic E-state index is -3.48. The molecular formula is C23H36N3O3S+. The zero-order valence-electron chi connectivity index (χ0n) is 18.4. The summed E-state index contributed by atoms with van der Waals surface area (Å²) in [5.74, 6) is 0.971. The number of hydrogen-bond donors (Lipinski definition) is 1. The highest BCUT2D eigenvalue weighted by atomic mass is 32.2. The SMILES string of the molecule is Cc1ccc(C)c(S(=O)(=O)N2CC[NH+](CC(=O)N3CCC[C@H]4CCCC[C@H]43)CC2)c1. The summed E-state index contributed by atoms with van der Waals surface area (Å²) in [4.78, 5) is 16.9. The molecule has 2 heterocycles. The lowest BCUT2D eigenvalue weighted by atomic mass is 9.78. The normalized spacial score (nSPS) is 26.4. The van der Waals surface area contributed by atoms with E-state index in [0.29, 0.717) is 49.6 Å². The summed E-state index contributed by atoms with van der Waals surface area (Å²) >= 11 is 0. The van der Waals surface area contributed by atoms with Gasteiger partial charge in [0.05, 0.1) is 31.1 Å². The molecule has 1 saturated carbocycles. The smallest absolute Gasteiger partial charge is 0.278 e. The van der Waals surface area contributed by atoms with E-state index in [1.54, 1.807) is 10.4 Å². The van der Waals surface area contributed by atoms with Crippen molar-refractivity contribution in [3.8, 4) is 0 Å². The molecule has 6 nitrogen and oxygen atoms in total. The molecule has 1 amide bonds. The molecule has 166 valence electrons. The van der Waals surface area contributed by atoms with Gasteiger partial charge in [-0.2, -0.15) is 4.31 Å². The average molecular weight is 435 g/mol. The van der Waals surface area contributed by atoms with Crippen molar-refractivity contribution in [2.45, 2.75) is 63.3 Å². The first-order valence-corrected chi connectivity index (χ1v) is 13.0. The number of quaternary nitrogens is 1. The summed E-state index contributed by atoms with van der Waals surface area (Å²) < 4.78 is 27.9. The molecule has 0 bridgehead atoms. The van der Waals surface area contributed by atoms with E-state index >= 15 is 0 Å². The number of nitrogens with zero attached hydrogens (tertiary/aromatic N) is 2. The van der Waals surface area contributed by atoms with Crippen LogP contribution in [0.5, 0.6) is 0 Å². The molecular weight excluding hydrogens is 398 g/mol. The number of piperazine rings is 1. The van der Waals surface area contributed by atoms with Crippen LogP contribution in [0, 0.1) is 19.8 Å². The number of aryl methyl sites for hydroxylation is 2. The zero-order valence-corrected chi connectivity index (χ0v) is 19.2. The van der Waals surface area contributed by atoms with Gasteiger partial charge in [0.2, 0.25) is 10.0 Å². The Morgan fingerprint density at radius 1 is 1.03 bits per heavy atom. The predicted octanol–water partition coefficient (Wildman–Crippen LogP) is 1.37. The fourth-order valence-electron chi connectivity index (χ4n) is 5.59. The van der Waals surface area contributed by atoms with Crippen LogP contribution >= 0.6 is 0 Å². The van der Waals surface area contributed by atoms with Crippen molar-refractivity contribution in [1.82, 2.24) is 9.21 Å². The van der Waals surface area contributed by atoms with Crippen molar-refractivity contribution in [1.29, 1.82) is 0 Å². The van der Waals surface area contributed by atoms with E-state index in [4.69, 9.17) is 0 Å². The maximum absolute atomic E-state index is 13.1. The van der Waals surface area contributed by atoms with E-state index in [0.717, 1.165) is 30.5 Å². The Kier molecular flexibility index (Phi) is 6.51. The summed E-state index contributed by atoms with van der Waals surface area (Å²) in [5.41, 5.74) is 1.74. The van der Waals surface area contributed by atoms with Crippen molar-refractivity contribution in [2.75, 3.05) is 39.3 Å². The van der Waals surface area contributed by atoms with E-state index in [-0.39, 0.29) is 5.91 Å². The number of carbonyl (C=O) groups is 1. The first-order valence-electron chi connectivity index (χ1n) is 11.6. The van der Waals surface area contributed by atoms with Gasteiger partial charge >= 0.3 is 0 Å². The molecule has 1 aliphatic carbocycles. The fourth-order valence-corrected chi connectivity index (χ4v) is 7.34. The lowest BCUT2D eigenvalue weighted by Crippen LogP contribution is -3.15. The number of amides is 1. The van der Waals surface area contributed by atoms with Crippen LogP contribution in [0.1, 0.15) is 49.7 Å². The number of benzene rings is 1. The molecule has 1 aromatic carbocycles. The van der Waals surface area contributed by atoms with Gasteiger partial charge in [0.1, 0.15) is 0 Å². The molecule has 2 aliphatic heterocycles. The largest absolute Gasteiger partial charge is 0.335 e. The van der Waals surface area contributed by atoms with Gasteiger partial charge in [0.25, 0.3) is 5.91 Å². The minimum Gasteiger partial charge on any atom is -0.335 e. The lowest BCUT2D eigenvalue weighted by Gasteiger charge is -2.44. The number of fused-ring (bicyclic) bond motifs is 1. The van der Waals surface area contributed by atoms with E-state index < -0.39 is 10.0 Å². The maximum Gasteiger partial charge on any atom is 0.278 e. The number of carbonyl (C=O) groups excluding carboxylic acids is 1. The van der Waals surface area contributed by atoms with E-state index in [9.17, 15) is 13.2 Å². The standard InChI is InChI=1S/C23H35N3O3S/c1-18-9-10-19(2)22(16-18)30(28,29)25-14-12-24(13-15-25)17-23(27)26-11-5-7-20-6-3-4-8-21(20)26/h9-10,16,20-21H,3-8,11-15,17H2,1-2H3/p+1/t20-,21-/m1/s1. The summed E-state index contributed by atoms with van der Waals surface area (Å²) in [5, 5.41) is 0. The van der Waals surface area contributed by atoms with Crippen LogP contribution in [0.15, 0.2) is 23.1 Å². The molecule has 4 rings (SSSR count). The molecule has 7 heteroatoms. The number of sulfonamides is 1. The molecule has 2 atom stereocenters. The number of piperidine rings is 1. The Labute approximate surface area is 181 Å². The second-order valence-electron chi connectivity index (χ2n) is 9.44. The number of nitrogens with one attached hydrogen (secondary N) is 1. The summed E-state index contributed by atoms with van der Waals surface area (Å²) in [6.45, 7) is 7.51. The van der Waals surface area contributed by atoms with E-state index in [2.05, 4.69) is 4.90 Å². The first-order chi connectivity index (χ1) is 14.4. The Morgan fingerprint density at radius 3 is 2.50 bits per heavy atom. The van der Waals surface area contributed by atoms with Gasteiger partial charge in [0, 0.05) is 12.6 Å². The van der Waals surface area contributed by atoms with Gasteiger partial charge in [-0.05, 0) is 62.6 Å². The summed E-state index contributed by atoms with van der Waals surface area (Å²) in [7, 11) is -3.48. The van der Waals surface area contributed by atoms with Gasteiger partial charge < -0.3 is 9.80 Å². The van der Waals surface area contributed by atoms with Crippen LogP contribution in [0.4, 0.5) is 0 Å². The van der Waals surface area contributed by atoms with Gasteiger partial charge in [-0.15, -0.1) is 0 Å². The molecule has 3 aliphatic rings. The van der Waals surface area contributed by atoms with E-state index in [1.165, 1.54) is 30.6 Å². The third kappa shape index (κ3) is 4.43. The monoisotopic (exact) mass is 434 g/mol. The summed E-state index contributed by atoms with van der Waals surface area (Å²) in [6, 6.07) is 6.04. The molecule has 0 aromatic heterocycles. The second-order valence-corrected chi connectivity index (χ2v) is 11.3.